The van der Waals surface area contributed by atoms with Crippen molar-refractivity contribution in [3.63, 3.8) is 0 Å². The smallest absolute Gasteiger partial charge is 0.235 e. The molecular weight excluding hydrogens is 302 g/mol. The van der Waals surface area contributed by atoms with Crippen LogP contribution >= 0.6 is 22.7 Å². The molecule has 0 amide bonds. The van der Waals surface area contributed by atoms with E-state index in [0.717, 1.165) is 31.9 Å². The number of anilines is 1. The number of hydrogen-bond donors (Lipinski definition) is 1. The van der Waals surface area contributed by atoms with Gasteiger partial charge in [-0.1, -0.05) is 41.7 Å². The zero-order valence-electron chi connectivity index (χ0n) is 11.1. The molecule has 0 radical (unpaired) electrons. The van der Waals surface area contributed by atoms with E-state index in [2.05, 4.69) is 21.4 Å². The number of aromatic nitrogens is 4. The Hall–Kier alpha value is -2.25. The highest BCUT2D eigenvalue weighted by Gasteiger charge is 2.16. The van der Waals surface area contributed by atoms with E-state index in [1.807, 2.05) is 37.3 Å². The molecular formula is C14H11N5S2. The molecule has 0 fully saturated rings. The average molecular weight is 313 g/mol. The maximum Gasteiger partial charge on any atom is 0.235 e. The van der Waals surface area contributed by atoms with Gasteiger partial charge in [0.1, 0.15) is 0 Å². The standard InChI is InChI=1S/C14H11N5S2/c1-8-7-10(11(15)20-8)13-18-19-12(16-17-14(19)21-13)9-5-3-2-4-6-9/h2-7H,15H2,1H3. The first kappa shape index (κ1) is 12.5. The minimum absolute atomic E-state index is 0.749. The van der Waals surface area contributed by atoms with Crippen LogP contribution in [0.3, 0.4) is 0 Å². The van der Waals surface area contributed by atoms with Crippen molar-refractivity contribution in [2.45, 2.75) is 6.92 Å². The number of thiophene rings is 1. The predicted octanol–water partition coefficient (Wildman–Crippen LogP) is 3.47. The molecule has 0 aliphatic heterocycles. The van der Waals surface area contributed by atoms with Gasteiger partial charge in [0.2, 0.25) is 4.96 Å². The van der Waals surface area contributed by atoms with Crippen LogP contribution in [0.2, 0.25) is 0 Å². The van der Waals surface area contributed by atoms with Crippen LogP contribution in [-0.2, 0) is 0 Å². The van der Waals surface area contributed by atoms with Crippen molar-refractivity contribution < 1.29 is 0 Å². The third-order valence-electron chi connectivity index (χ3n) is 3.14. The van der Waals surface area contributed by atoms with Crippen molar-refractivity contribution in [2.75, 3.05) is 5.73 Å². The van der Waals surface area contributed by atoms with Crippen LogP contribution in [0.5, 0.6) is 0 Å². The Morgan fingerprint density at radius 2 is 1.90 bits per heavy atom. The second kappa shape index (κ2) is 4.64. The summed E-state index contributed by atoms with van der Waals surface area (Å²) < 4.78 is 1.78. The summed E-state index contributed by atoms with van der Waals surface area (Å²) >= 11 is 3.07. The maximum absolute atomic E-state index is 6.05. The number of rotatable bonds is 2. The van der Waals surface area contributed by atoms with Gasteiger partial charge in [0.25, 0.3) is 0 Å². The Kier molecular flexibility index (Phi) is 2.76. The fourth-order valence-corrected chi connectivity index (χ4v) is 3.92. The van der Waals surface area contributed by atoms with Crippen LogP contribution < -0.4 is 5.73 Å². The summed E-state index contributed by atoms with van der Waals surface area (Å²) in [5.74, 6) is 0.749. The normalized spacial score (nSPS) is 11.3. The lowest BCUT2D eigenvalue weighted by Gasteiger charge is -1.95. The fourth-order valence-electron chi connectivity index (χ4n) is 2.19. The van der Waals surface area contributed by atoms with Gasteiger partial charge in [-0.2, -0.15) is 9.61 Å². The minimum Gasteiger partial charge on any atom is -0.390 e. The highest BCUT2D eigenvalue weighted by Crippen LogP contribution is 2.36. The predicted molar refractivity (Wildman–Crippen MR) is 86.6 cm³/mol. The van der Waals surface area contributed by atoms with Crippen LogP contribution in [0.25, 0.3) is 26.9 Å². The van der Waals surface area contributed by atoms with E-state index in [9.17, 15) is 0 Å². The zero-order chi connectivity index (χ0) is 14.4. The van der Waals surface area contributed by atoms with Crippen molar-refractivity contribution in [1.82, 2.24) is 19.8 Å². The third-order valence-corrected chi connectivity index (χ3v) is 4.95. The molecule has 1 aromatic carbocycles. The molecule has 0 atom stereocenters. The fraction of sp³-hybridized carbons (Fsp3) is 0.0714. The van der Waals surface area contributed by atoms with Gasteiger partial charge in [-0.3, -0.25) is 0 Å². The first-order valence-electron chi connectivity index (χ1n) is 6.36. The second-order valence-electron chi connectivity index (χ2n) is 4.63. The van der Waals surface area contributed by atoms with Gasteiger partial charge in [0, 0.05) is 16.0 Å². The highest BCUT2D eigenvalue weighted by atomic mass is 32.1. The Morgan fingerprint density at radius 1 is 1.10 bits per heavy atom. The Morgan fingerprint density at radius 3 is 2.62 bits per heavy atom. The summed E-state index contributed by atoms with van der Waals surface area (Å²) in [7, 11) is 0. The number of nitrogen functional groups attached to an aromatic ring is 1. The van der Waals surface area contributed by atoms with E-state index >= 15 is 0 Å². The van der Waals surface area contributed by atoms with Crippen LogP contribution in [-0.4, -0.2) is 19.8 Å². The van der Waals surface area contributed by atoms with Gasteiger partial charge in [0.05, 0.1) is 5.00 Å². The largest absolute Gasteiger partial charge is 0.390 e. The lowest BCUT2D eigenvalue weighted by molar-refractivity contribution is 0.971. The molecule has 0 saturated heterocycles. The molecule has 104 valence electrons. The SMILES string of the molecule is Cc1cc(-c2nn3c(-c4ccccc4)nnc3s2)c(N)s1. The molecule has 2 N–H and O–H groups in total. The van der Waals surface area contributed by atoms with E-state index < -0.39 is 0 Å². The summed E-state index contributed by atoms with van der Waals surface area (Å²) in [4.78, 5) is 1.95. The van der Waals surface area contributed by atoms with Gasteiger partial charge in [-0.15, -0.1) is 21.5 Å². The number of aryl methyl sites for hydroxylation is 1. The van der Waals surface area contributed by atoms with Crippen LogP contribution in [0, 0.1) is 6.92 Å². The number of benzene rings is 1. The number of nitrogens with zero attached hydrogens (tertiary/aromatic N) is 4. The summed E-state index contributed by atoms with van der Waals surface area (Å²) in [5, 5.41) is 14.7. The maximum atomic E-state index is 6.05. The molecule has 0 unspecified atom stereocenters. The monoisotopic (exact) mass is 313 g/mol. The first-order chi connectivity index (χ1) is 10.2. The third kappa shape index (κ3) is 2.01. The zero-order valence-corrected chi connectivity index (χ0v) is 12.8. The lowest BCUT2D eigenvalue weighted by atomic mass is 10.2. The lowest BCUT2D eigenvalue weighted by Crippen LogP contribution is -1.91. The molecule has 0 aliphatic rings. The molecule has 0 saturated carbocycles. The van der Waals surface area contributed by atoms with Crippen molar-refractivity contribution in [3.05, 3.63) is 41.3 Å². The van der Waals surface area contributed by atoms with E-state index in [0.29, 0.717) is 0 Å². The van der Waals surface area contributed by atoms with Gasteiger partial charge in [-0.25, -0.2) is 0 Å². The second-order valence-corrected chi connectivity index (χ2v) is 6.87. The Bertz CT molecular complexity index is 920. The number of fused-ring (bicyclic) bond motifs is 1. The van der Waals surface area contributed by atoms with Gasteiger partial charge >= 0.3 is 0 Å². The summed E-state index contributed by atoms with van der Waals surface area (Å²) in [6.45, 7) is 2.04. The molecule has 3 aromatic heterocycles. The van der Waals surface area contributed by atoms with E-state index in [1.165, 1.54) is 16.2 Å². The molecule has 0 aliphatic carbocycles. The number of hydrogen-bond acceptors (Lipinski definition) is 6. The molecule has 3 heterocycles. The van der Waals surface area contributed by atoms with Crippen molar-refractivity contribution in [2.24, 2.45) is 0 Å². The molecule has 0 spiro atoms. The van der Waals surface area contributed by atoms with Crippen LogP contribution in [0.15, 0.2) is 36.4 Å². The van der Waals surface area contributed by atoms with Crippen LogP contribution in [0.4, 0.5) is 5.00 Å². The summed E-state index contributed by atoms with van der Waals surface area (Å²) in [5.41, 5.74) is 8.03. The van der Waals surface area contributed by atoms with Crippen molar-refractivity contribution in [1.29, 1.82) is 0 Å². The van der Waals surface area contributed by atoms with Gasteiger partial charge < -0.3 is 5.73 Å². The van der Waals surface area contributed by atoms with E-state index in [-0.39, 0.29) is 0 Å². The topological polar surface area (TPSA) is 69.1 Å². The Labute approximate surface area is 128 Å². The quantitative estimate of drug-likeness (QED) is 0.615. The van der Waals surface area contributed by atoms with Crippen molar-refractivity contribution >= 4 is 32.6 Å². The molecule has 5 nitrogen and oxygen atoms in total. The van der Waals surface area contributed by atoms with Crippen LogP contribution in [0.1, 0.15) is 4.88 Å². The molecule has 4 rings (SSSR count). The summed E-state index contributed by atoms with van der Waals surface area (Å²) in [6.07, 6.45) is 0. The highest BCUT2D eigenvalue weighted by molar-refractivity contribution is 7.21. The van der Waals surface area contributed by atoms with E-state index in [4.69, 9.17) is 5.73 Å². The first-order valence-corrected chi connectivity index (χ1v) is 7.99. The molecule has 21 heavy (non-hydrogen) atoms. The molecule has 7 heteroatoms. The van der Waals surface area contributed by atoms with Gasteiger partial charge in [0.15, 0.2) is 10.8 Å². The molecule has 4 aromatic rings. The van der Waals surface area contributed by atoms with Gasteiger partial charge in [-0.05, 0) is 13.0 Å². The number of nitrogens with two attached hydrogens (primary N) is 1. The average Bonchev–Trinajstić information content (AvgIpc) is 3.13. The van der Waals surface area contributed by atoms with Crippen molar-refractivity contribution in [3.8, 4) is 22.0 Å². The summed E-state index contributed by atoms with van der Waals surface area (Å²) in [6, 6.07) is 12.0. The molecule has 0 bridgehead atoms. The van der Waals surface area contributed by atoms with E-state index in [1.54, 1.807) is 15.9 Å². The Balaban J connectivity index is 1.88. The minimum atomic E-state index is 0.749.